The van der Waals surface area contributed by atoms with Crippen LogP contribution in [0.4, 0.5) is 0 Å². The summed E-state index contributed by atoms with van der Waals surface area (Å²) in [6, 6.07) is 91.5. The van der Waals surface area contributed by atoms with Gasteiger partial charge in [0.2, 0.25) is 0 Å². The topological polar surface area (TPSA) is 81.2 Å². The van der Waals surface area contributed by atoms with Crippen LogP contribution in [0.1, 0.15) is 90.5 Å². The van der Waals surface area contributed by atoms with Crippen LogP contribution in [-0.2, 0) is 27.9 Å². The lowest BCUT2D eigenvalue weighted by Gasteiger charge is -2.32. The lowest BCUT2D eigenvalue weighted by molar-refractivity contribution is 0.00578. The van der Waals surface area contributed by atoms with E-state index in [4.69, 9.17) is 32.9 Å². The van der Waals surface area contributed by atoms with Gasteiger partial charge < -0.3 is 27.9 Å². The van der Waals surface area contributed by atoms with E-state index >= 15 is 0 Å². The molecule has 0 aliphatic carbocycles. The molecule has 8 nitrogen and oxygen atoms in total. The maximum absolute atomic E-state index is 6.29. The maximum atomic E-state index is 6.29. The zero-order chi connectivity index (χ0) is 69.5. The number of rotatable bonds is 8. The Hall–Kier alpha value is -9.07. The molecule has 2 aromatic heterocycles. The molecule has 3 fully saturated rings. The summed E-state index contributed by atoms with van der Waals surface area (Å²) < 4.78 is 37.3. The first-order valence-corrected chi connectivity index (χ1v) is 35.5. The molecule has 3 aliphatic heterocycles. The van der Waals surface area contributed by atoms with Crippen molar-refractivity contribution in [3.05, 3.63) is 272 Å². The molecule has 0 saturated carbocycles. The first-order chi connectivity index (χ1) is 48.0. The molecule has 502 valence electrons. The molecule has 17 rings (SSSR count). The number of pyridine rings is 2. The minimum Gasteiger partial charge on any atom is -0.405 e. The number of aromatic nitrogens is 2. The van der Waals surface area contributed by atoms with Gasteiger partial charge in [-0.15, -0.1) is 0 Å². The fraction of sp³-hybridized carbons (Fsp3) is 0.213. The summed E-state index contributed by atoms with van der Waals surface area (Å²) in [6.45, 7) is 24.5. The third-order valence-corrected chi connectivity index (χ3v) is 22.2. The van der Waals surface area contributed by atoms with Gasteiger partial charge in [-0.25, -0.2) is 4.98 Å². The Labute approximate surface area is 604 Å². The molecule has 0 radical (unpaired) electrons. The quantitative estimate of drug-likeness (QED) is 0.0846. The van der Waals surface area contributed by atoms with Crippen molar-refractivity contribution in [3.8, 4) is 66.8 Å². The number of hydrogen-bond donors (Lipinski definition) is 0. The monoisotopic (exact) mass is 1390 g/mol. The second-order valence-electron chi connectivity index (χ2n) is 29.5. The van der Waals surface area contributed by atoms with E-state index in [1.807, 2.05) is 79.9 Å². The third-order valence-electron chi connectivity index (χ3n) is 21.8. The van der Waals surface area contributed by atoms with E-state index in [9.17, 15) is 0 Å². The molecule has 0 atom stereocenters. The molecular weight excluding hydrogens is 1310 g/mol. The third kappa shape index (κ3) is 12.5. The Balaban J connectivity index is 0.000000139. The van der Waals surface area contributed by atoms with E-state index in [1.54, 1.807) is 0 Å². The minimum atomic E-state index is -0.493. The Bertz CT molecular complexity index is 5240. The van der Waals surface area contributed by atoms with Crippen molar-refractivity contribution in [2.45, 2.75) is 124 Å². The number of nitrogens with zero attached hydrogens (tertiary/aromatic N) is 2. The van der Waals surface area contributed by atoms with Crippen LogP contribution < -0.4 is 5.59 Å². The van der Waals surface area contributed by atoms with Gasteiger partial charge in [0.15, 0.2) is 0 Å². The van der Waals surface area contributed by atoms with Gasteiger partial charge in [-0.3, -0.25) is 4.98 Å². The van der Waals surface area contributed by atoms with Gasteiger partial charge in [-0.1, -0.05) is 250 Å². The highest BCUT2D eigenvalue weighted by molar-refractivity contribution is 9.10. The Morgan fingerprint density at radius 1 is 0.248 bits per heavy atom. The van der Waals surface area contributed by atoms with Crippen LogP contribution in [0.2, 0.25) is 0 Å². The van der Waals surface area contributed by atoms with Crippen molar-refractivity contribution in [2.75, 3.05) is 0 Å². The van der Waals surface area contributed by atoms with Crippen LogP contribution in [0.15, 0.2) is 272 Å². The number of halogens is 1. The summed E-state index contributed by atoms with van der Waals surface area (Å²) in [7, 11) is -1.45. The van der Waals surface area contributed by atoms with Gasteiger partial charge in [0.1, 0.15) is 4.60 Å². The average Bonchev–Trinajstić information content (AvgIpc) is 1.67. The van der Waals surface area contributed by atoms with Gasteiger partial charge in [-0.05, 0) is 231 Å². The molecule has 0 unspecified atom stereocenters. The Kier molecular flexibility index (Phi) is 18.3. The molecule has 3 saturated heterocycles. The minimum absolute atomic E-state index is 0. The van der Waals surface area contributed by atoms with Crippen molar-refractivity contribution in [1.29, 1.82) is 0 Å². The first kappa shape index (κ1) is 69.0. The van der Waals surface area contributed by atoms with Crippen LogP contribution in [-0.4, -0.2) is 64.7 Å². The van der Waals surface area contributed by atoms with E-state index in [0.29, 0.717) is 0 Å². The van der Waals surface area contributed by atoms with Gasteiger partial charge in [0.25, 0.3) is 0 Å². The van der Waals surface area contributed by atoms with E-state index < -0.39 is 32.3 Å². The summed E-state index contributed by atoms with van der Waals surface area (Å²) in [5.74, 6) is 0. The van der Waals surface area contributed by atoms with Gasteiger partial charge in [0.05, 0.1) is 39.2 Å². The highest BCUT2D eigenvalue weighted by Crippen LogP contribution is 2.50. The number of hydrogen-bond acceptors (Lipinski definition) is 8. The molecule has 12 heteroatoms. The number of benzene rings is 12. The van der Waals surface area contributed by atoms with Crippen LogP contribution in [0.3, 0.4) is 0 Å². The SMILES string of the molecule is Brc1ccc(-c2c3ccccc3c(-c3ccc(-c4ccccc4)c4ccccc34)c3ccccc23)cn1.C.CC1(C)OB(B2OC(C)(C)C(C)(C)O2)OC1(C)C.CC1(C)OB(c2ccc(-c3c4ccccc4c(-c4ccc(-c5ccccc5)c5ccccc45)c4ccccc34)cn2)OC1(C)C. The summed E-state index contributed by atoms with van der Waals surface area (Å²) in [6.07, 6.45) is 3.93. The van der Waals surface area contributed by atoms with Crippen molar-refractivity contribution in [2.24, 2.45) is 0 Å². The van der Waals surface area contributed by atoms with Crippen molar-refractivity contribution >= 4 is 107 Å². The molecule has 12 aromatic carbocycles. The normalized spacial score (nSPS) is 16.9. The standard InChI is InChI=1S/C41H34BNO2.C35H22BrN.C12H24B2O4.CH4/c1-40(2)41(3,4)45-42(44-40)37-25-22-28(26-43-37)38-32-18-10-12-20-34(32)39(35-21-13-11-19-33(35)38)36-24-23-29(27-14-6-5-7-15-27)30-16-8-9-17-31(30)36;36-33-21-18-24(22-37-33)34-28-14-6-8-16-30(28)35(31-17-9-7-15-29(31)34)32-20-19-25(23-10-2-1-3-11-23)26-12-4-5-13-27(26)32;1-9(2)10(3,4)16-13(15-9)14-17-11(5,6)12(7,8)18-14;/h5-26H,1-4H3;1-22H;1-8H3;1H4. The van der Waals surface area contributed by atoms with Gasteiger partial charge in [0, 0.05) is 23.5 Å². The van der Waals surface area contributed by atoms with Crippen LogP contribution in [0.25, 0.3) is 131 Å². The molecule has 101 heavy (non-hydrogen) atoms. The van der Waals surface area contributed by atoms with Gasteiger partial charge >= 0.3 is 21.1 Å². The number of fused-ring (bicyclic) bond motifs is 6. The summed E-state index contributed by atoms with van der Waals surface area (Å²) in [4.78, 5) is 9.44. The van der Waals surface area contributed by atoms with Crippen molar-refractivity contribution in [3.63, 3.8) is 0 Å². The largest absolute Gasteiger partial charge is 0.514 e. The predicted molar refractivity (Wildman–Crippen MR) is 428 cm³/mol. The average molecular weight is 1390 g/mol. The van der Waals surface area contributed by atoms with Crippen LogP contribution in [0.5, 0.6) is 0 Å². The highest BCUT2D eigenvalue weighted by Gasteiger charge is 2.64. The predicted octanol–water partition coefficient (Wildman–Crippen LogP) is 23.0. The fourth-order valence-corrected chi connectivity index (χ4v) is 14.6. The van der Waals surface area contributed by atoms with Crippen LogP contribution >= 0.6 is 15.9 Å². The lowest BCUT2D eigenvalue weighted by Crippen LogP contribution is -2.41. The molecule has 0 amide bonds. The second kappa shape index (κ2) is 26.7. The van der Waals surface area contributed by atoms with Crippen molar-refractivity contribution < 1.29 is 27.9 Å². The summed E-state index contributed by atoms with van der Waals surface area (Å²) in [5, 5.41) is 14.8. The van der Waals surface area contributed by atoms with E-state index in [1.165, 1.54) is 120 Å². The molecule has 3 aliphatic rings. The maximum Gasteiger partial charge on any atom is 0.514 e. The van der Waals surface area contributed by atoms with E-state index in [0.717, 1.165) is 21.3 Å². The molecule has 0 N–H and O–H groups in total. The summed E-state index contributed by atoms with van der Waals surface area (Å²) >= 11 is 3.49. The van der Waals surface area contributed by atoms with Crippen molar-refractivity contribution in [1.82, 2.24) is 9.97 Å². The Morgan fingerprint density at radius 2 is 0.505 bits per heavy atom. The molecular formula is C89H84B3BrN2O6. The summed E-state index contributed by atoms with van der Waals surface area (Å²) in [5.41, 5.74) is 13.1. The van der Waals surface area contributed by atoms with Gasteiger partial charge in [-0.2, -0.15) is 0 Å². The smallest absolute Gasteiger partial charge is 0.405 e. The molecule has 0 spiro atoms. The van der Waals surface area contributed by atoms with E-state index in [2.05, 4.69) is 291 Å². The zero-order valence-electron chi connectivity index (χ0n) is 58.9. The van der Waals surface area contributed by atoms with Crippen LogP contribution in [0, 0.1) is 0 Å². The molecule has 14 aromatic rings. The zero-order valence-corrected chi connectivity index (χ0v) is 60.4. The second-order valence-corrected chi connectivity index (χ2v) is 30.3. The molecule has 5 heterocycles. The van der Waals surface area contributed by atoms with E-state index in [-0.39, 0.29) is 29.8 Å². The molecule has 0 bridgehead atoms. The fourth-order valence-electron chi connectivity index (χ4n) is 14.4. The lowest BCUT2D eigenvalue weighted by atomic mass is 9.49. The first-order valence-electron chi connectivity index (χ1n) is 34.7. The Morgan fingerprint density at radius 3 is 0.802 bits per heavy atom. The highest BCUT2D eigenvalue weighted by atomic mass is 79.9.